The third-order valence-corrected chi connectivity index (χ3v) is 6.66. The molecule has 166 valence electrons. The molecule has 5 aromatic rings. The summed E-state index contributed by atoms with van der Waals surface area (Å²) < 4.78 is 0. The number of aliphatic imine (C=N–C) groups is 1. The summed E-state index contributed by atoms with van der Waals surface area (Å²) in [6.07, 6.45) is 1.83. The zero-order chi connectivity index (χ0) is 23.5. The number of phenols is 1. The summed E-state index contributed by atoms with van der Waals surface area (Å²) in [6.45, 7) is 13.0. The van der Waals surface area contributed by atoms with Crippen LogP contribution in [-0.2, 0) is 10.8 Å². The van der Waals surface area contributed by atoms with Crippen LogP contribution < -0.4 is 0 Å². The Morgan fingerprint density at radius 1 is 0.697 bits per heavy atom. The van der Waals surface area contributed by atoms with Crippen LogP contribution in [0.3, 0.4) is 0 Å². The summed E-state index contributed by atoms with van der Waals surface area (Å²) in [4.78, 5) is 4.90. The van der Waals surface area contributed by atoms with Crippen molar-refractivity contribution in [2.75, 3.05) is 0 Å². The highest BCUT2D eigenvalue weighted by atomic mass is 16.3. The Morgan fingerprint density at radius 2 is 1.30 bits per heavy atom. The van der Waals surface area contributed by atoms with Crippen molar-refractivity contribution in [2.45, 2.75) is 52.4 Å². The summed E-state index contributed by atoms with van der Waals surface area (Å²) in [5, 5.41) is 18.5. The zero-order valence-electron chi connectivity index (χ0n) is 20.3. The van der Waals surface area contributed by atoms with Crippen molar-refractivity contribution in [2.24, 2.45) is 4.99 Å². The predicted molar refractivity (Wildman–Crippen MR) is 143 cm³/mol. The number of hydrogen-bond donors (Lipinski definition) is 1. The summed E-state index contributed by atoms with van der Waals surface area (Å²) in [5.41, 5.74) is 3.63. The summed E-state index contributed by atoms with van der Waals surface area (Å²) in [7, 11) is 0. The fourth-order valence-corrected chi connectivity index (χ4v) is 4.73. The predicted octanol–water partition coefficient (Wildman–Crippen LogP) is 8.64. The highest BCUT2D eigenvalue weighted by Crippen LogP contribution is 2.40. The van der Waals surface area contributed by atoms with Gasteiger partial charge in [0.25, 0.3) is 0 Å². The van der Waals surface area contributed by atoms with Gasteiger partial charge < -0.3 is 5.11 Å². The monoisotopic (exact) mass is 433 g/mol. The van der Waals surface area contributed by atoms with Crippen LogP contribution in [0.1, 0.15) is 58.2 Å². The first-order valence-electron chi connectivity index (χ1n) is 11.6. The second-order valence-electron chi connectivity index (χ2n) is 11.2. The van der Waals surface area contributed by atoms with Crippen LogP contribution in [0, 0.1) is 0 Å². The van der Waals surface area contributed by atoms with Crippen molar-refractivity contribution in [3.63, 3.8) is 0 Å². The third kappa shape index (κ3) is 3.64. The standard InChI is InChI=1S/C31H31NO/c1-30(2,3)23-16-22(29(33)25(17-23)31(4,5)6)18-32-26-15-13-21-11-10-19-8-7-9-20-12-14-24(26)28(21)27(19)20/h7-18,33H,1-6H3. The molecular weight excluding hydrogens is 402 g/mol. The number of hydrogen-bond acceptors (Lipinski definition) is 2. The van der Waals surface area contributed by atoms with Crippen molar-refractivity contribution in [3.8, 4) is 5.75 Å². The zero-order valence-corrected chi connectivity index (χ0v) is 20.3. The lowest BCUT2D eigenvalue weighted by Gasteiger charge is -2.27. The SMILES string of the molecule is CC(C)(C)c1cc(C=Nc2ccc3ccc4cccc5ccc2c3c45)c(O)c(C(C)(C)C)c1. The quantitative estimate of drug-likeness (QED) is 0.219. The van der Waals surface area contributed by atoms with Gasteiger partial charge in [0.05, 0.1) is 5.69 Å². The van der Waals surface area contributed by atoms with Crippen LogP contribution in [-0.4, -0.2) is 11.3 Å². The smallest absolute Gasteiger partial charge is 0.128 e. The first-order chi connectivity index (χ1) is 15.5. The molecule has 0 fully saturated rings. The van der Waals surface area contributed by atoms with E-state index >= 15 is 0 Å². The number of benzene rings is 5. The minimum Gasteiger partial charge on any atom is -0.507 e. The first-order valence-corrected chi connectivity index (χ1v) is 11.6. The fourth-order valence-electron chi connectivity index (χ4n) is 4.73. The lowest BCUT2D eigenvalue weighted by Crippen LogP contribution is -2.17. The molecule has 0 aromatic heterocycles. The van der Waals surface area contributed by atoms with Gasteiger partial charge in [0, 0.05) is 22.7 Å². The Morgan fingerprint density at radius 3 is 1.94 bits per heavy atom. The van der Waals surface area contributed by atoms with Gasteiger partial charge in [-0.15, -0.1) is 0 Å². The van der Waals surface area contributed by atoms with Gasteiger partial charge >= 0.3 is 0 Å². The van der Waals surface area contributed by atoms with Gasteiger partial charge in [0.2, 0.25) is 0 Å². The first kappa shape index (κ1) is 21.5. The fraction of sp³-hybridized carbons (Fsp3) is 0.258. The van der Waals surface area contributed by atoms with Crippen molar-refractivity contribution < 1.29 is 5.11 Å². The molecule has 2 nitrogen and oxygen atoms in total. The van der Waals surface area contributed by atoms with Gasteiger partial charge in [0.15, 0.2) is 0 Å². The Bertz CT molecular complexity index is 1510. The molecule has 2 heteroatoms. The summed E-state index contributed by atoms with van der Waals surface area (Å²) in [5.74, 6) is 0.317. The molecule has 0 heterocycles. The molecule has 0 saturated heterocycles. The van der Waals surface area contributed by atoms with E-state index < -0.39 is 0 Å². The van der Waals surface area contributed by atoms with Gasteiger partial charge in [0.1, 0.15) is 5.75 Å². The molecule has 33 heavy (non-hydrogen) atoms. The molecule has 0 amide bonds. The van der Waals surface area contributed by atoms with Crippen molar-refractivity contribution >= 4 is 44.2 Å². The number of rotatable bonds is 2. The normalized spacial score (nSPS) is 13.2. The van der Waals surface area contributed by atoms with Crippen molar-refractivity contribution in [1.29, 1.82) is 0 Å². The molecule has 0 atom stereocenters. The van der Waals surface area contributed by atoms with E-state index in [1.54, 1.807) is 0 Å². The van der Waals surface area contributed by atoms with Crippen LogP contribution in [0.4, 0.5) is 5.69 Å². The van der Waals surface area contributed by atoms with Gasteiger partial charge in [-0.1, -0.05) is 96.1 Å². The highest BCUT2D eigenvalue weighted by molar-refractivity contribution is 6.25. The molecule has 0 aliphatic carbocycles. The highest BCUT2D eigenvalue weighted by Gasteiger charge is 2.24. The molecular formula is C31H31NO. The molecule has 0 spiro atoms. The number of aromatic hydroxyl groups is 1. The molecule has 1 N–H and O–H groups in total. The lowest BCUT2D eigenvalue weighted by atomic mass is 9.79. The van der Waals surface area contributed by atoms with Gasteiger partial charge in [-0.3, -0.25) is 4.99 Å². The molecule has 0 saturated carbocycles. The Balaban J connectivity index is 1.70. The van der Waals surface area contributed by atoms with Crippen LogP contribution in [0.15, 0.2) is 71.7 Å². The van der Waals surface area contributed by atoms with E-state index in [-0.39, 0.29) is 10.8 Å². The van der Waals surface area contributed by atoms with E-state index in [1.807, 2.05) is 6.21 Å². The third-order valence-electron chi connectivity index (χ3n) is 6.66. The molecule has 0 aliphatic heterocycles. The van der Waals surface area contributed by atoms with Crippen LogP contribution in [0.2, 0.25) is 0 Å². The maximum absolute atomic E-state index is 11.1. The Labute approximate surface area is 195 Å². The maximum Gasteiger partial charge on any atom is 0.128 e. The van der Waals surface area contributed by atoms with E-state index in [0.29, 0.717) is 5.75 Å². The van der Waals surface area contributed by atoms with E-state index in [2.05, 4.69) is 108 Å². The van der Waals surface area contributed by atoms with Crippen LogP contribution >= 0.6 is 0 Å². The van der Waals surface area contributed by atoms with Crippen molar-refractivity contribution in [1.82, 2.24) is 0 Å². The number of phenolic OH excluding ortho intramolecular Hbond substituents is 1. The van der Waals surface area contributed by atoms with E-state index in [4.69, 9.17) is 4.99 Å². The molecule has 5 rings (SSSR count). The van der Waals surface area contributed by atoms with E-state index in [1.165, 1.54) is 32.5 Å². The molecule has 0 radical (unpaired) electrons. The average Bonchev–Trinajstić information content (AvgIpc) is 2.75. The van der Waals surface area contributed by atoms with E-state index in [0.717, 1.165) is 22.2 Å². The van der Waals surface area contributed by atoms with Gasteiger partial charge in [-0.25, -0.2) is 0 Å². The minimum atomic E-state index is -0.166. The summed E-state index contributed by atoms with van der Waals surface area (Å²) >= 11 is 0. The minimum absolute atomic E-state index is 0.0245. The average molecular weight is 434 g/mol. The molecule has 0 aliphatic rings. The number of nitrogens with zero attached hydrogens (tertiary/aromatic N) is 1. The van der Waals surface area contributed by atoms with E-state index in [9.17, 15) is 5.11 Å². The maximum atomic E-state index is 11.1. The summed E-state index contributed by atoms with van der Waals surface area (Å²) in [6, 6.07) is 23.6. The van der Waals surface area contributed by atoms with Gasteiger partial charge in [-0.2, -0.15) is 0 Å². The largest absolute Gasteiger partial charge is 0.507 e. The molecule has 5 aromatic carbocycles. The topological polar surface area (TPSA) is 32.6 Å². The Kier molecular flexibility index (Phi) is 4.75. The second kappa shape index (κ2) is 7.31. The second-order valence-corrected chi connectivity index (χ2v) is 11.2. The molecule has 0 unspecified atom stereocenters. The lowest BCUT2D eigenvalue weighted by molar-refractivity contribution is 0.444. The van der Waals surface area contributed by atoms with Crippen LogP contribution in [0.5, 0.6) is 5.75 Å². The molecule has 0 bridgehead atoms. The van der Waals surface area contributed by atoms with Crippen LogP contribution in [0.25, 0.3) is 32.3 Å². The Hall–Kier alpha value is -3.39. The van der Waals surface area contributed by atoms with Crippen molar-refractivity contribution in [3.05, 3.63) is 83.4 Å². The van der Waals surface area contributed by atoms with Gasteiger partial charge in [-0.05, 0) is 55.5 Å².